The average Bonchev–Trinajstić information content (AvgIpc) is 2.57. The van der Waals surface area contributed by atoms with E-state index in [1.165, 1.54) is 0 Å². The highest BCUT2D eigenvalue weighted by molar-refractivity contribution is 6.10. The monoisotopic (exact) mass is 316 g/mol. The van der Waals surface area contributed by atoms with Crippen molar-refractivity contribution in [3.05, 3.63) is 71.5 Å². The number of anilines is 3. The molecule has 1 aliphatic heterocycles. The lowest BCUT2D eigenvalue weighted by atomic mass is 9.94. The van der Waals surface area contributed by atoms with E-state index < -0.39 is 0 Å². The van der Waals surface area contributed by atoms with Crippen molar-refractivity contribution < 1.29 is 0 Å². The maximum atomic E-state index is 6.19. The molecule has 4 heteroatoms. The summed E-state index contributed by atoms with van der Waals surface area (Å²) in [5.74, 6) is 0. The third kappa shape index (κ3) is 2.19. The fraction of sp³-hybridized carbons (Fsp3) is 0.150. The van der Waals surface area contributed by atoms with Gasteiger partial charge in [0.15, 0.2) is 0 Å². The van der Waals surface area contributed by atoms with Gasteiger partial charge in [0.05, 0.1) is 23.1 Å². The smallest absolute Gasteiger partial charge is 0.0969 e. The Balaban J connectivity index is 1.98. The van der Waals surface area contributed by atoms with Gasteiger partial charge in [-0.3, -0.25) is 0 Å². The van der Waals surface area contributed by atoms with Crippen molar-refractivity contribution in [1.82, 2.24) is 0 Å². The van der Waals surface area contributed by atoms with Crippen molar-refractivity contribution in [3.8, 4) is 0 Å². The number of benzene rings is 2. The molecule has 0 bridgehead atoms. The van der Waals surface area contributed by atoms with E-state index in [-0.39, 0.29) is 6.04 Å². The second-order valence-electron chi connectivity index (χ2n) is 6.33. The Hall–Kier alpha value is -3.01. The van der Waals surface area contributed by atoms with E-state index >= 15 is 0 Å². The first-order valence-electron chi connectivity index (χ1n) is 8.03. The Morgan fingerprint density at radius 2 is 1.79 bits per heavy atom. The molecule has 2 aromatic carbocycles. The number of para-hydroxylation sites is 1. The van der Waals surface area contributed by atoms with E-state index in [9.17, 15) is 0 Å². The predicted molar refractivity (Wildman–Crippen MR) is 101 cm³/mol. The number of aryl methyl sites for hydroxylation is 1. The highest BCUT2D eigenvalue weighted by Gasteiger charge is 2.31. The number of allylic oxidation sites excluding steroid dienone is 1. The van der Waals surface area contributed by atoms with Gasteiger partial charge in [0.2, 0.25) is 0 Å². The molecule has 0 saturated carbocycles. The minimum Gasteiger partial charge on any atom is -0.399 e. The Labute approximate surface area is 141 Å². The third-order valence-electron chi connectivity index (χ3n) is 4.65. The molecule has 0 aromatic heterocycles. The van der Waals surface area contributed by atoms with Gasteiger partial charge < -0.3 is 16.4 Å². The summed E-state index contributed by atoms with van der Waals surface area (Å²) in [6.07, 6.45) is 4.14. The van der Waals surface area contributed by atoms with Gasteiger partial charge in [-0.2, -0.15) is 0 Å². The first-order valence-corrected chi connectivity index (χ1v) is 8.03. The van der Waals surface area contributed by atoms with Gasteiger partial charge in [-0.1, -0.05) is 18.2 Å². The van der Waals surface area contributed by atoms with Crippen LogP contribution < -0.4 is 16.4 Å². The number of nitrogens with two attached hydrogens (primary N) is 2. The SMILES string of the molecule is CC1=CC2=Nc3cc(C)c(N)cc3N(c3ccccc3)C2C=C1N. The quantitative estimate of drug-likeness (QED) is 0.782. The molecule has 1 aliphatic carbocycles. The van der Waals surface area contributed by atoms with Crippen LogP contribution in [-0.4, -0.2) is 11.8 Å². The number of rotatable bonds is 1. The van der Waals surface area contributed by atoms with Crippen LogP contribution in [0.1, 0.15) is 12.5 Å². The second-order valence-corrected chi connectivity index (χ2v) is 6.33. The topological polar surface area (TPSA) is 67.6 Å². The van der Waals surface area contributed by atoms with Crippen LogP contribution in [0.2, 0.25) is 0 Å². The van der Waals surface area contributed by atoms with Gasteiger partial charge in [0.25, 0.3) is 0 Å². The Kier molecular flexibility index (Phi) is 3.20. The van der Waals surface area contributed by atoms with Gasteiger partial charge >= 0.3 is 0 Å². The molecular formula is C20H20N4. The summed E-state index contributed by atoms with van der Waals surface area (Å²) in [5.41, 5.74) is 20.1. The number of nitrogen functional groups attached to an aromatic ring is 1. The zero-order valence-corrected chi connectivity index (χ0v) is 13.8. The molecule has 2 aliphatic rings. The predicted octanol–water partition coefficient (Wildman–Crippen LogP) is 3.97. The molecule has 4 N–H and O–H groups in total. The van der Waals surface area contributed by atoms with Gasteiger partial charge in [-0.15, -0.1) is 0 Å². The second kappa shape index (κ2) is 5.27. The highest BCUT2D eigenvalue weighted by atomic mass is 15.2. The Bertz CT molecular complexity index is 907. The molecule has 24 heavy (non-hydrogen) atoms. The Morgan fingerprint density at radius 3 is 2.54 bits per heavy atom. The van der Waals surface area contributed by atoms with Gasteiger partial charge in [-0.25, -0.2) is 4.99 Å². The van der Waals surface area contributed by atoms with E-state index in [0.717, 1.165) is 45.3 Å². The molecule has 0 saturated heterocycles. The molecule has 0 fully saturated rings. The number of nitrogens with zero attached hydrogens (tertiary/aromatic N) is 2. The molecule has 0 radical (unpaired) electrons. The van der Waals surface area contributed by atoms with Crippen LogP contribution >= 0.6 is 0 Å². The van der Waals surface area contributed by atoms with Crippen molar-refractivity contribution >= 4 is 28.5 Å². The minimum atomic E-state index is -0.0225. The van der Waals surface area contributed by atoms with E-state index in [1.807, 2.05) is 38.1 Å². The zero-order valence-electron chi connectivity index (χ0n) is 13.8. The van der Waals surface area contributed by atoms with E-state index in [2.05, 4.69) is 35.3 Å². The van der Waals surface area contributed by atoms with E-state index in [4.69, 9.17) is 16.5 Å². The molecule has 0 spiro atoms. The maximum absolute atomic E-state index is 6.19. The fourth-order valence-electron chi connectivity index (χ4n) is 3.24. The molecule has 2 aromatic rings. The van der Waals surface area contributed by atoms with Gasteiger partial charge in [0.1, 0.15) is 0 Å². The van der Waals surface area contributed by atoms with E-state index in [1.54, 1.807) is 0 Å². The van der Waals surface area contributed by atoms with Crippen LogP contribution in [0.4, 0.5) is 22.7 Å². The molecule has 4 rings (SSSR count). The molecular weight excluding hydrogens is 296 g/mol. The van der Waals surface area contributed by atoms with Crippen molar-refractivity contribution in [1.29, 1.82) is 0 Å². The van der Waals surface area contributed by atoms with Gasteiger partial charge in [-0.05, 0) is 61.4 Å². The van der Waals surface area contributed by atoms with Crippen LogP contribution in [0.25, 0.3) is 0 Å². The molecule has 120 valence electrons. The largest absolute Gasteiger partial charge is 0.399 e. The van der Waals surface area contributed by atoms with Crippen molar-refractivity contribution in [2.24, 2.45) is 10.7 Å². The summed E-state index contributed by atoms with van der Waals surface area (Å²) < 4.78 is 0. The normalized spacial score (nSPS) is 19.0. The van der Waals surface area contributed by atoms with Crippen molar-refractivity contribution in [3.63, 3.8) is 0 Å². The summed E-state index contributed by atoms with van der Waals surface area (Å²) in [5, 5.41) is 0. The lowest BCUT2D eigenvalue weighted by Gasteiger charge is -2.38. The summed E-state index contributed by atoms with van der Waals surface area (Å²) in [7, 11) is 0. The van der Waals surface area contributed by atoms with Crippen LogP contribution in [0.15, 0.2) is 70.9 Å². The summed E-state index contributed by atoms with van der Waals surface area (Å²) in [6.45, 7) is 4.02. The van der Waals surface area contributed by atoms with Crippen LogP contribution in [-0.2, 0) is 0 Å². The number of hydrogen-bond donors (Lipinski definition) is 2. The van der Waals surface area contributed by atoms with Crippen LogP contribution in [0.5, 0.6) is 0 Å². The molecule has 0 amide bonds. The number of fused-ring (bicyclic) bond motifs is 2. The molecule has 4 nitrogen and oxygen atoms in total. The number of aliphatic imine (C=N–C) groups is 1. The first-order chi connectivity index (χ1) is 11.5. The average molecular weight is 316 g/mol. The summed E-state index contributed by atoms with van der Waals surface area (Å²) >= 11 is 0. The lowest BCUT2D eigenvalue weighted by molar-refractivity contribution is 0.943. The van der Waals surface area contributed by atoms with Crippen LogP contribution in [0, 0.1) is 6.92 Å². The fourth-order valence-corrected chi connectivity index (χ4v) is 3.24. The van der Waals surface area contributed by atoms with Crippen molar-refractivity contribution in [2.45, 2.75) is 19.9 Å². The number of hydrogen-bond acceptors (Lipinski definition) is 4. The van der Waals surface area contributed by atoms with E-state index in [0.29, 0.717) is 0 Å². The molecule has 1 heterocycles. The van der Waals surface area contributed by atoms with Crippen molar-refractivity contribution in [2.75, 3.05) is 10.6 Å². The third-order valence-corrected chi connectivity index (χ3v) is 4.65. The lowest BCUT2D eigenvalue weighted by Crippen LogP contribution is -2.40. The summed E-state index contributed by atoms with van der Waals surface area (Å²) in [4.78, 5) is 7.13. The minimum absolute atomic E-state index is 0.0225. The highest BCUT2D eigenvalue weighted by Crippen LogP contribution is 2.43. The standard InChI is InChI=1S/C20H20N4/c1-12-8-17-19(10-15(12)21)24(14-6-4-3-5-7-14)20-11-16(22)13(2)9-18(20)23-17/h3-11,19H,21-22H2,1-2H3. The zero-order chi connectivity index (χ0) is 16.8. The maximum Gasteiger partial charge on any atom is 0.0969 e. The molecule has 1 atom stereocenters. The molecule has 1 unspecified atom stereocenters. The summed E-state index contributed by atoms with van der Waals surface area (Å²) in [6, 6.07) is 14.3. The van der Waals surface area contributed by atoms with Gasteiger partial charge in [0, 0.05) is 17.1 Å². The Morgan fingerprint density at radius 1 is 1.04 bits per heavy atom. The first kappa shape index (κ1) is 14.6. The van der Waals surface area contributed by atoms with Crippen LogP contribution in [0.3, 0.4) is 0 Å².